The van der Waals surface area contributed by atoms with Gasteiger partial charge in [0, 0.05) is 24.2 Å². The molecule has 1 fully saturated rings. The van der Waals surface area contributed by atoms with E-state index in [4.69, 9.17) is 52.1 Å². The zero-order valence-corrected chi connectivity index (χ0v) is 23.7. The van der Waals surface area contributed by atoms with E-state index < -0.39 is 6.04 Å². The van der Waals surface area contributed by atoms with E-state index in [-0.39, 0.29) is 49.4 Å². The number of nitrogens with two attached hydrogens (primary N) is 1. The van der Waals surface area contributed by atoms with Crippen molar-refractivity contribution < 1.29 is 14.7 Å². The quantitative estimate of drug-likeness (QED) is 0.308. The van der Waals surface area contributed by atoms with Gasteiger partial charge in [0.2, 0.25) is 5.91 Å². The molecule has 0 aromatic heterocycles. The van der Waals surface area contributed by atoms with Gasteiger partial charge in [-0.3, -0.25) is 9.59 Å². The molecule has 1 aliphatic heterocycles. The lowest BCUT2D eigenvalue weighted by atomic mass is 9.93. The van der Waals surface area contributed by atoms with E-state index in [1.165, 1.54) is 0 Å². The van der Waals surface area contributed by atoms with Gasteiger partial charge in [-0.15, -0.1) is 12.4 Å². The second kappa shape index (κ2) is 13.0. The second-order valence-electron chi connectivity index (χ2n) is 8.69. The van der Waals surface area contributed by atoms with Gasteiger partial charge in [-0.05, 0) is 71.7 Å². The number of amides is 1. The third-order valence-electron chi connectivity index (χ3n) is 5.87. The van der Waals surface area contributed by atoms with Gasteiger partial charge >= 0.3 is 0 Å². The summed E-state index contributed by atoms with van der Waals surface area (Å²) >= 11 is 24.4. The molecule has 1 saturated heterocycles. The summed E-state index contributed by atoms with van der Waals surface area (Å²) in [5.74, 6) is -0.432. The van der Waals surface area contributed by atoms with Crippen molar-refractivity contribution >= 4 is 82.7 Å². The van der Waals surface area contributed by atoms with E-state index in [1.807, 2.05) is 0 Å². The summed E-state index contributed by atoms with van der Waals surface area (Å²) in [6, 6.07) is 15.8. The van der Waals surface area contributed by atoms with Crippen molar-refractivity contribution in [1.29, 1.82) is 0 Å². The summed E-state index contributed by atoms with van der Waals surface area (Å²) in [5.41, 5.74) is 9.14. The Morgan fingerprint density at radius 1 is 0.868 bits per heavy atom. The van der Waals surface area contributed by atoms with Crippen LogP contribution in [0, 0.1) is 0 Å². The number of hydrogen-bond donors (Lipinski definition) is 2. The highest BCUT2D eigenvalue weighted by molar-refractivity contribution is 6.42. The Bertz CT molecular complexity index is 1360. The van der Waals surface area contributed by atoms with E-state index in [1.54, 1.807) is 77.7 Å². The number of piperidine rings is 1. The first-order valence-corrected chi connectivity index (χ1v) is 12.8. The number of likely N-dealkylation sites (tertiary alicyclic amines) is 1. The van der Waals surface area contributed by atoms with Crippen LogP contribution >= 0.6 is 58.8 Å². The summed E-state index contributed by atoms with van der Waals surface area (Å²) in [4.78, 5) is 28.4. The van der Waals surface area contributed by atoms with Gasteiger partial charge < -0.3 is 15.7 Å². The first-order valence-electron chi connectivity index (χ1n) is 11.3. The van der Waals surface area contributed by atoms with Gasteiger partial charge in [-0.25, -0.2) is 0 Å². The molecule has 0 aliphatic carbocycles. The lowest BCUT2D eigenvalue weighted by Gasteiger charge is -2.32. The molecule has 5 nitrogen and oxygen atoms in total. The van der Waals surface area contributed by atoms with Crippen LogP contribution in [0.2, 0.25) is 20.1 Å². The molecule has 38 heavy (non-hydrogen) atoms. The van der Waals surface area contributed by atoms with E-state index in [0.717, 1.165) is 5.56 Å². The minimum atomic E-state index is -0.868. The van der Waals surface area contributed by atoms with Crippen LogP contribution in [0.5, 0.6) is 5.75 Å². The Hall–Kier alpha value is -2.51. The normalized spacial score (nSPS) is 16.4. The number of phenols is 1. The number of Topliss-reactive ketones (excluding diaryl/α,β-unsaturated/α-hetero) is 1. The highest BCUT2D eigenvalue weighted by Crippen LogP contribution is 2.28. The zero-order valence-electron chi connectivity index (χ0n) is 19.8. The molecule has 0 bridgehead atoms. The second-order valence-corrected chi connectivity index (χ2v) is 10.3. The molecular weight excluding hydrogens is 590 g/mol. The van der Waals surface area contributed by atoms with Crippen LogP contribution in [-0.4, -0.2) is 40.8 Å². The maximum atomic E-state index is 13.5. The van der Waals surface area contributed by atoms with E-state index >= 15 is 0 Å². The molecule has 1 atom stereocenters. The number of phenolic OH excluding ortho intramolecular Hbond substituents is 1. The SMILES string of the molecule is Cl.N[C@@H](Cc1cccc(O)c1)C(=O)N1C/C(=C\c2ccc(Cl)c(Cl)c2)C(=O)/C(=C/c2ccc(Cl)c(Cl)c2)C1. The van der Waals surface area contributed by atoms with Crippen molar-refractivity contribution in [2.75, 3.05) is 13.1 Å². The molecule has 3 N–H and O–H groups in total. The topological polar surface area (TPSA) is 83.6 Å². The van der Waals surface area contributed by atoms with Crippen LogP contribution in [0.4, 0.5) is 0 Å². The number of halogens is 5. The molecule has 0 unspecified atom stereocenters. The number of ketones is 1. The van der Waals surface area contributed by atoms with Gasteiger partial charge in [0.05, 0.1) is 26.1 Å². The van der Waals surface area contributed by atoms with Gasteiger partial charge in [0.1, 0.15) is 5.75 Å². The minimum Gasteiger partial charge on any atom is -0.508 e. The summed E-state index contributed by atoms with van der Waals surface area (Å²) in [6.45, 7) is 0.148. The summed E-state index contributed by atoms with van der Waals surface area (Å²) < 4.78 is 0. The first-order chi connectivity index (χ1) is 17.6. The fraction of sp³-hybridized carbons (Fsp3) is 0.143. The molecule has 0 saturated carbocycles. The van der Waals surface area contributed by atoms with Crippen LogP contribution in [-0.2, 0) is 16.0 Å². The van der Waals surface area contributed by atoms with Crippen LogP contribution in [0.1, 0.15) is 16.7 Å². The summed E-state index contributed by atoms with van der Waals surface area (Å²) in [5, 5.41) is 11.2. The maximum Gasteiger partial charge on any atom is 0.240 e. The summed E-state index contributed by atoms with van der Waals surface area (Å²) in [7, 11) is 0. The smallest absolute Gasteiger partial charge is 0.240 e. The van der Waals surface area contributed by atoms with Gasteiger partial charge in [0.15, 0.2) is 5.78 Å². The molecule has 3 aromatic carbocycles. The number of nitrogens with zero attached hydrogens (tertiary/aromatic N) is 1. The fourth-order valence-corrected chi connectivity index (χ4v) is 4.67. The maximum absolute atomic E-state index is 13.5. The van der Waals surface area contributed by atoms with Gasteiger partial charge in [-0.2, -0.15) is 0 Å². The molecule has 1 aliphatic rings. The standard InChI is InChI=1S/C28H22Cl4N2O3.ClH/c29-22-6-4-17(11-24(22)31)8-19-14-34(28(37)26(33)13-16-2-1-3-21(35)10-16)15-20(27(19)36)9-18-5-7-23(30)25(32)12-18;/h1-12,26,35H,13-15,33H2;1H/b19-8+,20-9+;/t26-;/m0./s1. The summed E-state index contributed by atoms with van der Waals surface area (Å²) in [6.07, 6.45) is 3.61. The largest absolute Gasteiger partial charge is 0.508 e. The Morgan fingerprint density at radius 2 is 1.39 bits per heavy atom. The van der Waals surface area contributed by atoms with Gasteiger partial charge in [-0.1, -0.05) is 70.7 Å². The fourth-order valence-electron chi connectivity index (χ4n) is 4.06. The van der Waals surface area contributed by atoms with Crippen molar-refractivity contribution in [1.82, 2.24) is 4.90 Å². The van der Waals surface area contributed by atoms with Gasteiger partial charge in [0.25, 0.3) is 0 Å². The lowest BCUT2D eigenvalue weighted by Crippen LogP contribution is -2.49. The Balaban J connectivity index is 0.00000400. The van der Waals surface area contributed by atoms with E-state index in [0.29, 0.717) is 42.4 Å². The Labute approximate surface area is 246 Å². The number of benzene rings is 3. The Morgan fingerprint density at radius 3 is 1.87 bits per heavy atom. The monoisotopic (exact) mass is 610 g/mol. The average Bonchev–Trinajstić information content (AvgIpc) is 2.85. The minimum absolute atomic E-state index is 0. The first kappa shape index (κ1) is 30.0. The average molecular weight is 613 g/mol. The van der Waals surface area contributed by atoms with Crippen molar-refractivity contribution in [2.45, 2.75) is 12.5 Å². The molecule has 0 spiro atoms. The molecular formula is C28H23Cl5N2O3. The van der Waals surface area contributed by atoms with Crippen LogP contribution in [0.15, 0.2) is 71.8 Å². The molecule has 10 heteroatoms. The van der Waals surface area contributed by atoms with Crippen LogP contribution < -0.4 is 5.73 Å². The van der Waals surface area contributed by atoms with Crippen molar-refractivity contribution in [3.63, 3.8) is 0 Å². The molecule has 0 radical (unpaired) electrons. The van der Waals surface area contributed by atoms with Crippen LogP contribution in [0.25, 0.3) is 12.2 Å². The number of aromatic hydroxyl groups is 1. The zero-order chi connectivity index (χ0) is 26.7. The highest BCUT2D eigenvalue weighted by atomic mass is 35.5. The number of hydrogen-bond acceptors (Lipinski definition) is 4. The predicted molar refractivity (Wildman–Crippen MR) is 157 cm³/mol. The van der Waals surface area contributed by atoms with Crippen LogP contribution in [0.3, 0.4) is 0 Å². The number of carbonyl (C=O) groups excluding carboxylic acids is 2. The highest BCUT2D eigenvalue weighted by Gasteiger charge is 2.31. The molecule has 198 valence electrons. The van der Waals surface area contributed by atoms with E-state index in [2.05, 4.69) is 0 Å². The number of carbonyl (C=O) groups is 2. The van der Waals surface area contributed by atoms with Crippen molar-refractivity contribution in [3.8, 4) is 5.75 Å². The molecule has 3 aromatic rings. The Kier molecular flexibility index (Phi) is 10.3. The number of rotatable bonds is 5. The van der Waals surface area contributed by atoms with Crippen molar-refractivity contribution in [3.05, 3.63) is 109 Å². The van der Waals surface area contributed by atoms with E-state index in [9.17, 15) is 14.7 Å². The molecule has 1 heterocycles. The van der Waals surface area contributed by atoms with Crippen molar-refractivity contribution in [2.24, 2.45) is 5.73 Å². The molecule has 1 amide bonds. The third-order valence-corrected chi connectivity index (χ3v) is 7.35. The predicted octanol–water partition coefficient (Wildman–Crippen LogP) is 6.88. The lowest BCUT2D eigenvalue weighted by molar-refractivity contribution is -0.132. The molecule has 4 rings (SSSR count). The third kappa shape index (κ3) is 7.32.